The van der Waals surface area contributed by atoms with Crippen LogP contribution in [0.15, 0.2) is 35.0 Å². The second-order valence-electron chi connectivity index (χ2n) is 5.28. The number of thiophene rings is 1. The third-order valence-corrected chi connectivity index (χ3v) is 5.19. The molecular formula is C17H14FN3O2S2. The van der Waals surface area contributed by atoms with E-state index in [4.69, 9.17) is 0 Å². The van der Waals surface area contributed by atoms with Gasteiger partial charge in [-0.05, 0) is 36.6 Å². The number of carbonyl (C=O) groups excluding carboxylic acids is 2. The van der Waals surface area contributed by atoms with E-state index in [1.54, 1.807) is 18.3 Å². The summed E-state index contributed by atoms with van der Waals surface area (Å²) < 4.78 is 14.0. The molecule has 2 amide bonds. The van der Waals surface area contributed by atoms with Crippen LogP contribution in [0, 0.1) is 12.7 Å². The van der Waals surface area contributed by atoms with Gasteiger partial charge in [-0.15, -0.1) is 11.3 Å². The second-order valence-corrected chi connectivity index (χ2v) is 7.05. The first kappa shape index (κ1) is 17.2. The number of hydrogen-bond acceptors (Lipinski definition) is 5. The molecule has 5 nitrogen and oxygen atoms in total. The van der Waals surface area contributed by atoms with Crippen molar-refractivity contribution in [3.8, 4) is 10.6 Å². The van der Waals surface area contributed by atoms with E-state index in [0.717, 1.165) is 10.6 Å². The highest BCUT2D eigenvalue weighted by Gasteiger charge is 2.18. The van der Waals surface area contributed by atoms with Gasteiger partial charge in [0, 0.05) is 23.6 Å². The largest absolute Gasteiger partial charge is 0.326 e. The molecular weight excluding hydrogens is 361 g/mol. The first-order valence-electron chi connectivity index (χ1n) is 7.32. The molecule has 3 rings (SSSR count). The summed E-state index contributed by atoms with van der Waals surface area (Å²) in [6.07, 6.45) is 0. The Kier molecular flexibility index (Phi) is 4.91. The highest BCUT2D eigenvalue weighted by Crippen LogP contribution is 2.30. The van der Waals surface area contributed by atoms with Crippen molar-refractivity contribution >= 4 is 45.9 Å². The fourth-order valence-corrected chi connectivity index (χ4v) is 3.87. The zero-order valence-electron chi connectivity index (χ0n) is 13.4. The van der Waals surface area contributed by atoms with Crippen LogP contribution < -0.4 is 10.6 Å². The number of benzene rings is 1. The van der Waals surface area contributed by atoms with Gasteiger partial charge in [-0.2, -0.15) is 11.3 Å². The number of aryl methyl sites for hydroxylation is 1. The van der Waals surface area contributed by atoms with Gasteiger partial charge in [-0.3, -0.25) is 9.59 Å². The van der Waals surface area contributed by atoms with E-state index in [1.165, 1.54) is 36.5 Å². The van der Waals surface area contributed by atoms with Crippen LogP contribution in [0.3, 0.4) is 0 Å². The molecule has 0 fully saturated rings. The number of amides is 2. The minimum absolute atomic E-state index is 0.00105. The van der Waals surface area contributed by atoms with Gasteiger partial charge in [-0.1, -0.05) is 0 Å². The van der Waals surface area contributed by atoms with E-state index in [-0.39, 0.29) is 11.6 Å². The van der Waals surface area contributed by atoms with E-state index >= 15 is 0 Å². The summed E-state index contributed by atoms with van der Waals surface area (Å²) in [6, 6.07) is 5.93. The van der Waals surface area contributed by atoms with Crippen LogP contribution in [0.2, 0.25) is 0 Å². The molecule has 0 saturated heterocycles. The number of hydrogen-bond donors (Lipinski definition) is 2. The molecule has 0 aliphatic heterocycles. The molecule has 0 radical (unpaired) electrons. The number of nitrogens with zero attached hydrogens (tertiary/aromatic N) is 1. The molecule has 25 heavy (non-hydrogen) atoms. The van der Waals surface area contributed by atoms with Crippen LogP contribution in [0.4, 0.5) is 15.8 Å². The zero-order chi connectivity index (χ0) is 18.0. The van der Waals surface area contributed by atoms with Gasteiger partial charge in [0.05, 0.1) is 11.4 Å². The van der Waals surface area contributed by atoms with Crippen LogP contribution in [0.5, 0.6) is 0 Å². The molecule has 1 aromatic carbocycles. The Labute approximate surface area is 151 Å². The SMILES string of the molecule is CC(=O)Nc1ccc(F)c(NC(=O)c2sc(-c3ccsc3)nc2C)c1. The molecule has 2 N–H and O–H groups in total. The number of rotatable bonds is 4. The van der Waals surface area contributed by atoms with Crippen LogP contribution in [-0.4, -0.2) is 16.8 Å². The van der Waals surface area contributed by atoms with E-state index in [2.05, 4.69) is 15.6 Å². The first-order chi connectivity index (χ1) is 11.9. The van der Waals surface area contributed by atoms with Crippen molar-refractivity contribution in [2.24, 2.45) is 0 Å². The van der Waals surface area contributed by atoms with Crippen molar-refractivity contribution in [2.45, 2.75) is 13.8 Å². The third kappa shape index (κ3) is 3.92. The predicted molar refractivity (Wildman–Crippen MR) is 98.8 cm³/mol. The lowest BCUT2D eigenvalue weighted by Gasteiger charge is -2.08. The smallest absolute Gasteiger partial charge is 0.267 e. The Hall–Kier alpha value is -2.58. The lowest BCUT2D eigenvalue weighted by molar-refractivity contribution is -0.114. The molecule has 0 aliphatic rings. The minimum Gasteiger partial charge on any atom is -0.326 e. The topological polar surface area (TPSA) is 71.1 Å². The molecule has 2 heterocycles. The van der Waals surface area contributed by atoms with Crippen LogP contribution in [-0.2, 0) is 4.79 Å². The van der Waals surface area contributed by atoms with Crippen molar-refractivity contribution in [2.75, 3.05) is 10.6 Å². The van der Waals surface area contributed by atoms with Gasteiger partial charge in [0.2, 0.25) is 5.91 Å². The molecule has 128 valence electrons. The monoisotopic (exact) mass is 375 g/mol. The third-order valence-electron chi connectivity index (χ3n) is 3.31. The lowest BCUT2D eigenvalue weighted by atomic mass is 10.2. The van der Waals surface area contributed by atoms with Gasteiger partial charge in [0.25, 0.3) is 5.91 Å². The van der Waals surface area contributed by atoms with Crippen molar-refractivity contribution in [3.63, 3.8) is 0 Å². The number of halogens is 1. The quantitative estimate of drug-likeness (QED) is 0.704. The molecule has 0 bridgehead atoms. The number of thiazole rings is 1. The standard InChI is InChI=1S/C17H14FN3O2S2/c1-9-15(25-17(19-9)11-5-6-24-8-11)16(23)21-14-7-12(20-10(2)22)3-4-13(14)18/h3-8H,1-2H3,(H,20,22)(H,21,23). The molecule has 0 spiro atoms. The average molecular weight is 375 g/mol. The normalized spacial score (nSPS) is 10.5. The summed E-state index contributed by atoms with van der Waals surface area (Å²) in [6.45, 7) is 3.10. The Morgan fingerprint density at radius 3 is 2.68 bits per heavy atom. The molecule has 3 aromatic rings. The Balaban J connectivity index is 1.84. The summed E-state index contributed by atoms with van der Waals surface area (Å²) in [5.74, 6) is -1.29. The van der Waals surface area contributed by atoms with Crippen LogP contribution in [0.25, 0.3) is 10.6 Å². The molecule has 0 saturated carbocycles. The van der Waals surface area contributed by atoms with E-state index in [9.17, 15) is 14.0 Å². The highest BCUT2D eigenvalue weighted by molar-refractivity contribution is 7.17. The van der Waals surface area contributed by atoms with Gasteiger partial charge < -0.3 is 10.6 Å². The van der Waals surface area contributed by atoms with Gasteiger partial charge in [0.1, 0.15) is 15.7 Å². The Morgan fingerprint density at radius 1 is 1.20 bits per heavy atom. The van der Waals surface area contributed by atoms with Gasteiger partial charge in [0.15, 0.2) is 0 Å². The van der Waals surface area contributed by atoms with Crippen molar-refractivity contribution in [1.29, 1.82) is 0 Å². The fraction of sp³-hybridized carbons (Fsp3) is 0.118. The lowest BCUT2D eigenvalue weighted by Crippen LogP contribution is -2.13. The molecule has 0 atom stereocenters. The van der Waals surface area contributed by atoms with E-state index in [0.29, 0.717) is 16.3 Å². The molecule has 2 aromatic heterocycles. The zero-order valence-corrected chi connectivity index (χ0v) is 15.1. The summed E-state index contributed by atoms with van der Waals surface area (Å²) in [4.78, 5) is 28.5. The molecule has 0 unspecified atom stereocenters. The minimum atomic E-state index is -0.581. The number of anilines is 2. The maximum atomic E-state index is 14.0. The summed E-state index contributed by atoms with van der Waals surface area (Å²) >= 11 is 2.81. The van der Waals surface area contributed by atoms with Crippen LogP contribution >= 0.6 is 22.7 Å². The van der Waals surface area contributed by atoms with Crippen molar-refractivity contribution in [1.82, 2.24) is 4.98 Å². The summed E-state index contributed by atoms with van der Waals surface area (Å²) in [7, 11) is 0. The maximum Gasteiger partial charge on any atom is 0.267 e. The first-order valence-corrected chi connectivity index (χ1v) is 9.08. The van der Waals surface area contributed by atoms with Gasteiger partial charge >= 0.3 is 0 Å². The molecule has 0 aliphatic carbocycles. The fourth-order valence-electron chi connectivity index (χ4n) is 2.20. The van der Waals surface area contributed by atoms with E-state index < -0.39 is 11.7 Å². The second kappa shape index (κ2) is 7.12. The van der Waals surface area contributed by atoms with Crippen molar-refractivity contribution in [3.05, 3.63) is 51.4 Å². The van der Waals surface area contributed by atoms with E-state index in [1.807, 2.05) is 16.8 Å². The van der Waals surface area contributed by atoms with Crippen LogP contribution in [0.1, 0.15) is 22.3 Å². The Bertz CT molecular complexity index is 936. The number of carbonyl (C=O) groups is 2. The average Bonchev–Trinajstić information content (AvgIpc) is 3.19. The summed E-state index contributed by atoms with van der Waals surface area (Å²) in [5, 5.41) is 9.74. The van der Waals surface area contributed by atoms with Gasteiger partial charge in [-0.25, -0.2) is 9.37 Å². The molecule has 8 heteroatoms. The number of aromatic nitrogens is 1. The highest BCUT2D eigenvalue weighted by atomic mass is 32.1. The Morgan fingerprint density at radius 2 is 2.00 bits per heavy atom. The summed E-state index contributed by atoms with van der Waals surface area (Å²) in [5.41, 5.74) is 1.95. The predicted octanol–water partition coefficient (Wildman–Crippen LogP) is 4.53. The maximum absolute atomic E-state index is 14.0. The number of nitrogens with one attached hydrogen (secondary N) is 2. The van der Waals surface area contributed by atoms with Crippen molar-refractivity contribution < 1.29 is 14.0 Å².